The molecular weight excluding hydrogens is 537 g/mol. The molecule has 0 unspecified atom stereocenters. The molecule has 1 atom stereocenters. The van der Waals surface area contributed by atoms with E-state index in [2.05, 4.69) is 5.32 Å². The summed E-state index contributed by atoms with van der Waals surface area (Å²) in [7, 11) is -2.13. The summed E-state index contributed by atoms with van der Waals surface area (Å²) in [5.74, 6) is 0.372. The Kier molecular flexibility index (Phi) is 11.5. The van der Waals surface area contributed by atoms with Gasteiger partial charge >= 0.3 is 0 Å². The lowest BCUT2D eigenvalue weighted by Crippen LogP contribution is -2.48. The van der Waals surface area contributed by atoms with Gasteiger partial charge in [0.2, 0.25) is 21.8 Å². The molecule has 0 bridgehead atoms. The highest BCUT2D eigenvalue weighted by atomic mass is 35.5. The third kappa shape index (κ3) is 9.39. The minimum absolute atomic E-state index is 0.0194. The first-order chi connectivity index (χ1) is 17.3. The van der Waals surface area contributed by atoms with Crippen LogP contribution in [0, 0.1) is 5.92 Å². The van der Waals surface area contributed by atoms with Crippen molar-refractivity contribution in [2.24, 2.45) is 5.92 Å². The molecule has 1 N–H and O–H groups in total. The van der Waals surface area contributed by atoms with Crippen molar-refractivity contribution in [1.29, 1.82) is 0 Å². The molecule has 2 aromatic rings. The van der Waals surface area contributed by atoms with Gasteiger partial charge in [-0.15, -0.1) is 0 Å². The first-order valence-corrected chi connectivity index (χ1v) is 14.6. The third-order valence-electron chi connectivity index (χ3n) is 5.67. The number of ether oxygens (including phenoxy) is 1. The van der Waals surface area contributed by atoms with Crippen molar-refractivity contribution in [3.8, 4) is 5.75 Å². The van der Waals surface area contributed by atoms with Crippen LogP contribution in [-0.4, -0.2) is 57.6 Å². The van der Waals surface area contributed by atoms with Gasteiger partial charge in [-0.05, 0) is 55.2 Å². The Balaban J connectivity index is 2.21. The average molecular weight is 573 g/mol. The highest BCUT2D eigenvalue weighted by molar-refractivity contribution is 7.92. The fourth-order valence-corrected chi connectivity index (χ4v) is 5.07. The van der Waals surface area contributed by atoms with Crippen LogP contribution in [0.4, 0.5) is 5.69 Å². The third-order valence-corrected chi connectivity index (χ3v) is 7.40. The minimum atomic E-state index is -3.69. The lowest BCUT2D eigenvalue weighted by atomic mass is 10.1. The van der Waals surface area contributed by atoms with Crippen LogP contribution in [0.5, 0.6) is 5.75 Å². The molecule has 2 amide bonds. The Hall–Kier alpha value is -2.49. The van der Waals surface area contributed by atoms with Gasteiger partial charge in [0.25, 0.3) is 0 Å². The van der Waals surface area contributed by atoms with Gasteiger partial charge in [0.15, 0.2) is 0 Å². The second-order valence-electron chi connectivity index (χ2n) is 9.22. The van der Waals surface area contributed by atoms with Gasteiger partial charge in [-0.2, -0.15) is 0 Å². The molecule has 204 valence electrons. The molecule has 0 radical (unpaired) electrons. The van der Waals surface area contributed by atoms with Crippen molar-refractivity contribution in [2.45, 2.75) is 46.2 Å². The molecule has 0 aliphatic heterocycles. The maximum absolute atomic E-state index is 13.4. The van der Waals surface area contributed by atoms with Crippen molar-refractivity contribution in [3.05, 3.63) is 58.1 Å². The number of hydrogen-bond donors (Lipinski definition) is 1. The number of benzene rings is 2. The summed E-state index contributed by atoms with van der Waals surface area (Å²) in [5, 5.41) is 3.46. The van der Waals surface area contributed by atoms with Gasteiger partial charge in [-0.1, -0.05) is 49.2 Å². The van der Waals surface area contributed by atoms with Gasteiger partial charge in [-0.25, -0.2) is 8.42 Å². The van der Waals surface area contributed by atoms with Crippen LogP contribution in [0.1, 0.15) is 39.2 Å². The monoisotopic (exact) mass is 571 g/mol. The van der Waals surface area contributed by atoms with Gasteiger partial charge in [0.05, 0.1) is 24.1 Å². The van der Waals surface area contributed by atoms with Crippen LogP contribution in [0.3, 0.4) is 0 Å². The molecule has 0 fully saturated rings. The van der Waals surface area contributed by atoms with Crippen LogP contribution in [0.15, 0.2) is 42.5 Å². The zero-order valence-corrected chi connectivity index (χ0v) is 24.2. The van der Waals surface area contributed by atoms with E-state index >= 15 is 0 Å². The molecule has 0 saturated heterocycles. The summed E-state index contributed by atoms with van der Waals surface area (Å²) in [6.07, 6.45) is 1.31. The van der Waals surface area contributed by atoms with Gasteiger partial charge in [-0.3, -0.25) is 13.9 Å². The van der Waals surface area contributed by atoms with E-state index in [-0.39, 0.29) is 54.4 Å². The molecule has 8 nitrogen and oxygen atoms in total. The van der Waals surface area contributed by atoms with Crippen LogP contribution in [0.25, 0.3) is 0 Å². The maximum atomic E-state index is 13.4. The van der Waals surface area contributed by atoms with Crippen molar-refractivity contribution >= 4 is 50.7 Å². The minimum Gasteiger partial charge on any atom is -0.497 e. The van der Waals surface area contributed by atoms with Gasteiger partial charge in [0.1, 0.15) is 11.8 Å². The zero-order valence-electron chi connectivity index (χ0n) is 21.8. The molecule has 0 heterocycles. The fraction of sp³-hybridized carbons (Fsp3) is 0.462. The average Bonchev–Trinajstić information content (AvgIpc) is 2.84. The normalized spacial score (nSPS) is 12.2. The number of rotatable bonds is 13. The predicted octanol–water partition coefficient (Wildman–Crippen LogP) is 4.74. The Bertz CT molecular complexity index is 1190. The number of nitrogens with zero attached hydrogens (tertiary/aromatic N) is 2. The van der Waals surface area contributed by atoms with Crippen molar-refractivity contribution in [2.75, 3.05) is 30.8 Å². The lowest BCUT2D eigenvalue weighted by molar-refractivity contribution is -0.140. The van der Waals surface area contributed by atoms with E-state index in [0.29, 0.717) is 17.3 Å². The predicted molar refractivity (Wildman–Crippen MR) is 149 cm³/mol. The zero-order chi connectivity index (χ0) is 27.8. The fourth-order valence-electron chi connectivity index (χ4n) is 3.66. The number of carbonyl (C=O) groups is 2. The Morgan fingerprint density at radius 1 is 1.08 bits per heavy atom. The van der Waals surface area contributed by atoms with Gasteiger partial charge < -0.3 is 15.0 Å². The molecule has 2 rings (SSSR count). The summed E-state index contributed by atoms with van der Waals surface area (Å²) in [4.78, 5) is 27.7. The molecule has 0 saturated carbocycles. The number of amides is 2. The largest absolute Gasteiger partial charge is 0.497 e. The number of halogens is 2. The van der Waals surface area contributed by atoms with Crippen molar-refractivity contribution in [1.82, 2.24) is 10.2 Å². The smallest absolute Gasteiger partial charge is 0.242 e. The molecule has 37 heavy (non-hydrogen) atoms. The number of anilines is 1. The maximum Gasteiger partial charge on any atom is 0.242 e. The summed E-state index contributed by atoms with van der Waals surface area (Å²) < 4.78 is 31.4. The van der Waals surface area contributed by atoms with E-state index in [1.54, 1.807) is 26.2 Å². The van der Waals surface area contributed by atoms with Crippen LogP contribution >= 0.6 is 23.2 Å². The standard InChI is InChI=1S/C26H35Cl2N3O5S/c1-18(2)16-29-26(33)19(3)30(17-20-8-6-9-22(14-20)36-4)25(32)10-7-13-31(37(5,34)35)24-15-21(27)11-12-23(24)28/h6,8-9,11-12,14-15,18-19H,7,10,13,16-17H2,1-5H3,(H,29,33)/t19-/m1/s1. The van der Waals surface area contributed by atoms with Crippen LogP contribution in [-0.2, 0) is 26.2 Å². The SMILES string of the molecule is COc1cccc(CN(C(=O)CCCN(c2cc(Cl)ccc2Cl)S(C)(=O)=O)[C@H](C)C(=O)NCC(C)C)c1. The molecule has 0 aliphatic carbocycles. The highest BCUT2D eigenvalue weighted by Gasteiger charge is 2.27. The number of methoxy groups -OCH3 is 1. The molecular formula is C26H35Cl2N3O5S. The second-order valence-corrected chi connectivity index (χ2v) is 12.0. The van der Waals surface area contributed by atoms with Crippen LogP contribution in [0.2, 0.25) is 10.0 Å². The van der Waals surface area contributed by atoms with E-state index in [4.69, 9.17) is 27.9 Å². The molecule has 0 spiro atoms. The number of nitrogens with one attached hydrogen (secondary N) is 1. The quantitative estimate of drug-likeness (QED) is 0.374. The Morgan fingerprint density at radius 2 is 1.78 bits per heavy atom. The van der Waals surface area contributed by atoms with E-state index in [0.717, 1.165) is 16.1 Å². The number of hydrogen-bond acceptors (Lipinski definition) is 5. The molecule has 2 aromatic carbocycles. The van der Waals surface area contributed by atoms with E-state index in [1.165, 1.54) is 17.0 Å². The molecule has 0 aliphatic rings. The number of sulfonamides is 1. The second kappa shape index (κ2) is 13.9. The van der Waals surface area contributed by atoms with E-state index in [9.17, 15) is 18.0 Å². The highest BCUT2D eigenvalue weighted by Crippen LogP contribution is 2.31. The first kappa shape index (κ1) is 30.7. The first-order valence-electron chi connectivity index (χ1n) is 12.0. The molecule has 0 aromatic heterocycles. The Labute approximate surface area is 229 Å². The van der Waals surface area contributed by atoms with E-state index in [1.807, 2.05) is 32.0 Å². The van der Waals surface area contributed by atoms with Crippen molar-refractivity contribution in [3.63, 3.8) is 0 Å². The van der Waals surface area contributed by atoms with Crippen molar-refractivity contribution < 1.29 is 22.7 Å². The van der Waals surface area contributed by atoms with E-state index < -0.39 is 16.1 Å². The summed E-state index contributed by atoms with van der Waals surface area (Å²) in [6, 6.07) is 11.1. The summed E-state index contributed by atoms with van der Waals surface area (Å²) in [6.45, 7) is 6.37. The number of carbonyl (C=O) groups excluding carboxylic acids is 2. The van der Waals surface area contributed by atoms with Crippen LogP contribution < -0.4 is 14.4 Å². The topological polar surface area (TPSA) is 96.0 Å². The summed E-state index contributed by atoms with van der Waals surface area (Å²) >= 11 is 12.3. The molecule has 11 heteroatoms. The van der Waals surface area contributed by atoms with Gasteiger partial charge in [0, 0.05) is 31.1 Å². The summed E-state index contributed by atoms with van der Waals surface area (Å²) in [5.41, 5.74) is 1.05. The Morgan fingerprint density at radius 3 is 2.41 bits per heavy atom. The lowest BCUT2D eigenvalue weighted by Gasteiger charge is -2.30.